The summed E-state index contributed by atoms with van der Waals surface area (Å²) < 4.78 is 20.3. The molecule has 2 nitrogen and oxygen atoms in total. The van der Waals surface area contributed by atoms with Gasteiger partial charge in [0.25, 0.3) is 0 Å². The lowest BCUT2D eigenvalue weighted by Gasteiger charge is -1.88. The van der Waals surface area contributed by atoms with E-state index in [1.807, 2.05) is 6.07 Å². The van der Waals surface area contributed by atoms with Gasteiger partial charge in [-0.2, -0.15) is 0 Å². The lowest BCUT2D eigenvalue weighted by Crippen LogP contribution is -1.74. The first kappa shape index (κ1) is 13.6. The fourth-order valence-electron chi connectivity index (χ4n) is 0.567. The third-order valence-corrected chi connectivity index (χ3v) is 1.88. The molecule has 1 aromatic carbocycles. The normalized spacial score (nSPS) is 10.1. The van der Waals surface area contributed by atoms with Crippen molar-refractivity contribution in [1.82, 2.24) is 0 Å². The molecular weight excluding hydrogens is 414 g/mol. The number of hydrogen-bond acceptors (Lipinski definition) is 2. The Morgan fingerprint density at radius 1 is 1.23 bits per heavy atom. The lowest BCUT2D eigenvalue weighted by molar-refractivity contribution is 0.617. The quantitative estimate of drug-likeness (QED) is 0.395. The molecule has 1 rings (SSSR count). The highest BCUT2D eigenvalue weighted by Crippen LogP contribution is 2.02. The van der Waals surface area contributed by atoms with Crippen molar-refractivity contribution in [3.8, 4) is 0 Å². The molecule has 0 spiro atoms. The van der Waals surface area contributed by atoms with Gasteiger partial charge in [0.1, 0.15) is 0 Å². The Labute approximate surface area is 105 Å². The Balaban J connectivity index is 0.000000252. The zero-order chi connectivity index (χ0) is 10.3. The average molecular weight is 424 g/mol. The van der Waals surface area contributed by atoms with Crippen LogP contribution in [0.2, 0.25) is 0 Å². The van der Waals surface area contributed by atoms with Crippen LogP contribution >= 0.6 is 43.8 Å². The highest BCUT2D eigenvalue weighted by atomic mass is 127. The SMILES string of the molecule is CS(=O)(=O)I.ICc1ccccc1. The maximum Gasteiger partial charge on any atom is 0.200 e. The topological polar surface area (TPSA) is 34.1 Å². The molecule has 0 atom stereocenters. The summed E-state index contributed by atoms with van der Waals surface area (Å²) in [5.74, 6) is 0. The van der Waals surface area contributed by atoms with Crippen LogP contribution in [0.15, 0.2) is 30.3 Å². The highest BCUT2D eigenvalue weighted by molar-refractivity contribution is 14.2. The largest absolute Gasteiger partial charge is 0.219 e. The number of halogens is 2. The van der Waals surface area contributed by atoms with Gasteiger partial charge in [-0.1, -0.05) is 52.9 Å². The Morgan fingerprint density at radius 3 is 1.85 bits per heavy atom. The van der Waals surface area contributed by atoms with Gasteiger partial charge in [0.05, 0.1) is 21.2 Å². The first-order chi connectivity index (χ1) is 5.93. The Bertz CT molecular complexity index is 313. The molecule has 5 heteroatoms. The molecule has 13 heavy (non-hydrogen) atoms. The van der Waals surface area contributed by atoms with Gasteiger partial charge in [0.2, 0.25) is 0 Å². The van der Waals surface area contributed by atoms with E-state index < -0.39 is 7.01 Å². The maximum absolute atomic E-state index is 9.62. The highest BCUT2D eigenvalue weighted by Gasteiger charge is 1.83. The van der Waals surface area contributed by atoms with Crippen LogP contribution in [0.1, 0.15) is 5.56 Å². The predicted octanol–water partition coefficient (Wildman–Crippen LogP) is 3.00. The van der Waals surface area contributed by atoms with Gasteiger partial charge in [-0.15, -0.1) is 0 Å². The maximum atomic E-state index is 9.62. The lowest BCUT2D eigenvalue weighted by atomic mass is 10.2. The molecule has 0 bridgehead atoms. The molecule has 0 radical (unpaired) electrons. The summed E-state index contributed by atoms with van der Waals surface area (Å²) in [6.07, 6.45) is 1.15. The van der Waals surface area contributed by atoms with Gasteiger partial charge in [-0.3, -0.25) is 0 Å². The Morgan fingerprint density at radius 2 is 1.62 bits per heavy atom. The molecule has 0 saturated carbocycles. The average Bonchev–Trinajstić information content (AvgIpc) is 2.03. The minimum absolute atomic E-state index is 1.11. The van der Waals surface area contributed by atoms with Crippen molar-refractivity contribution < 1.29 is 8.42 Å². The van der Waals surface area contributed by atoms with E-state index in [0.29, 0.717) is 0 Å². The fourth-order valence-corrected chi connectivity index (χ4v) is 1.08. The van der Waals surface area contributed by atoms with Crippen LogP contribution in [0, 0.1) is 0 Å². The summed E-state index contributed by atoms with van der Waals surface area (Å²) in [5.41, 5.74) is 1.40. The van der Waals surface area contributed by atoms with E-state index in [1.54, 1.807) is 0 Å². The Hall–Kier alpha value is 0.630. The van der Waals surface area contributed by atoms with Crippen LogP contribution in [-0.2, 0) is 11.4 Å². The first-order valence-electron chi connectivity index (χ1n) is 3.43. The molecule has 0 N–H and O–H groups in total. The smallest absolute Gasteiger partial charge is 0.200 e. The summed E-state index contributed by atoms with van der Waals surface area (Å²) >= 11 is 3.70. The van der Waals surface area contributed by atoms with E-state index >= 15 is 0 Å². The second kappa shape index (κ2) is 6.99. The van der Waals surface area contributed by atoms with Gasteiger partial charge >= 0.3 is 0 Å². The molecule has 74 valence electrons. The van der Waals surface area contributed by atoms with Crippen molar-refractivity contribution in [3.63, 3.8) is 0 Å². The van der Waals surface area contributed by atoms with Crippen molar-refractivity contribution in [2.75, 3.05) is 6.26 Å². The van der Waals surface area contributed by atoms with Gasteiger partial charge < -0.3 is 0 Å². The summed E-state index contributed by atoms with van der Waals surface area (Å²) in [6, 6.07) is 10.4. The Kier molecular flexibility index (Phi) is 7.33. The minimum atomic E-state index is -2.70. The summed E-state index contributed by atoms with van der Waals surface area (Å²) in [5, 5.41) is 0. The monoisotopic (exact) mass is 424 g/mol. The first-order valence-corrected chi connectivity index (χ1v) is 9.39. The van der Waals surface area contributed by atoms with Crippen LogP contribution < -0.4 is 0 Å². The zero-order valence-electron chi connectivity index (χ0n) is 7.07. The molecule has 0 heterocycles. The molecule has 0 aromatic heterocycles. The molecule has 0 amide bonds. The third kappa shape index (κ3) is 12.6. The van der Waals surface area contributed by atoms with E-state index in [0.717, 1.165) is 10.7 Å². The zero-order valence-corrected chi connectivity index (χ0v) is 12.2. The predicted molar refractivity (Wildman–Crippen MR) is 73.0 cm³/mol. The van der Waals surface area contributed by atoms with Crippen LogP contribution in [0.25, 0.3) is 0 Å². The summed E-state index contributed by atoms with van der Waals surface area (Å²) in [4.78, 5) is 0. The second-order valence-corrected chi connectivity index (χ2v) is 9.23. The van der Waals surface area contributed by atoms with Crippen LogP contribution in [0.4, 0.5) is 0 Å². The standard InChI is InChI=1S/C7H7I.CH3IO2S/c8-6-7-4-2-1-3-5-7;1-5(2,3)4/h1-5H,6H2;1H3. The van der Waals surface area contributed by atoms with Crippen molar-refractivity contribution in [2.24, 2.45) is 0 Å². The van der Waals surface area contributed by atoms with Crippen LogP contribution in [-0.4, -0.2) is 14.7 Å². The summed E-state index contributed by atoms with van der Waals surface area (Å²) in [6.45, 7) is 0. The minimum Gasteiger partial charge on any atom is -0.219 e. The molecule has 0 unspecified atom stereocenters. The van der Waals surface area contributed by atoms with Crippen LogP contribution in [0.5, 0.6) is 0 Å². The molecule has 0 aliphatic heterocycles. The molecule has 1 aromatic rings. The molecule has 0 saturated heterocycles. The van der Waals surface area contributed by atoms with Crippen molar-refractivity contribution in [3.05, 3.63) is 35.9 Å². The van der Waals surface area contributed by atoms with E-state index in [2.05, 4.69) is 46.9 Å². The van der Waals surface area contributed by atoms with Crippen molar-refractivity contribution in [1.29, 1.82) is 0 Å². The van der Waals surface area contributed by atoms with E-state index in [1.165, 1.54) is 26.8 Å². The summed E-state index contributed by atoms with van der Waals surface area (Å²) in [7, 11) is -2.70. The number of benzene rings is 1. The van der Waals surface area contributed by atoms with E-state index in [4.69, 9.17) is 0 Å². The number of alkyl halides is 1. The van der Waals surface area contributed by atoms with Gasteiger partial charge in [-0.25, -0.2) is 8.42 Å². The van der Waals surface area contributed by atoms with Gasteiger partial charge in [-0.05, 0) is 5.56 Å². The molecular formula is C8H10I2O2S. The molecule has 0 aliphatic rings. The van der Waals surface area contributed by atoms with Gasteiger partial charge in [0, 0.05) is 10.7 Å². The van der Waals surface area contributed by atoms with Crippen molar-refractivity contribution >= 4 is 50.8 Å². The molecule has 0 fully saturated rings. The third-order valence-electron chi connectivity index (χ3n) is 0.997. The van der Waals surface area contributed by atoms with Crippen LogP contribution in [0.3, 0.4) is 0 Å². The fraction of sp³-hybridized carbons (Fsp3) is 0.250. The van der Waals surface area contributed by atoms with Crippen molar-refractivity contribution in [2.45, 2.75) is 4.43 Å². The van der Waals surface area contributed by atoms with E-state index in [9.17, 15) is 8.42 Å². The van der Waals surface area contributed by atoms with E-state index in [-0.39, 0.29) is 0 Å². The second-order valence-electron chi connectivity index (χ2n) is 2.30. The number of hydrogen-bond donors (Lipinski definition) is 0. The van der Waals surface area contributed by atoms with Gasteiger partial charge in [0.15, 0.2) is 7.01 Å². The molecule has 0 aliphatic carbocycles. The number of rotatable bonds is 1.